The standard InChI is InChI=1S/C28H25NO/c1-2-17-30-23-11-12-26-22(19-23)15-16-29-28(26)14-13-27-24-9-5-3-7-20(24)18-21-8-4-6-10-25(21)27/h3-14,18-19H,2,15-17H2,1H3/b14-13+. The first-order chi connectivity index (χ1) is 14.8. The molecule has 4 aromatic carbocycles. The number of allylic oxidation sites excluding steroid dienone is 1. The first-order valence-electron chi connectivity index (χ1n) is 10.7. The van der Waals surface area contributed by atoms with E-state index in [2.05, 4.69) is 91.9 Å². The van der Waals surface area contributed by atoms with Gasteiger partial charge >= 0.3 is 0 Å². The lowest BCUT2D eigenvalue weighted by atomic mass is 9.94. The van der Waals surface area contributed by atoms with Crippen LogP contribution in [-0.2, 0) is 6.42 Å². The van der Waals surface area contributed by atoms with Crippen molar-refractivity contribution in [3.63, 3.8) is 0 Å². The van der Waals surface area contributed by atoms with Gasteiger partial charge in [-0.25, -0.2) is 0 Å². The van der Waals surface area contributed by atoms with Crippen molar-refractivity contribution in [1.29, 1.82) is 0 Å². The number of nitrogens with zero attached hydrogens (tertiary/aromatic N) is 1. The number of hydrogen-bond donors (Lipinski definition) is 0. The van der Waals surface area contributed by atoms with Crippen LogP contribution in [0.15, 0.2) is 83.9 Å². The first kappa shape index (κ1) is 18.6. The molecule has 0 atom stereocenters. The van der Waals surface area contributed by atoms with Gasteiger partial charge in [-0.15, -0.1) is 0 Å². The third-order valence-electron chi connectivity index (χ3n) is 5.71. The van der Waals surface area contributed by atoms with Gasteiger partial charge in [0.1, 0.15) is 5.75 Å². The van der Waals surface area contributed by atoms with Crippen molar-refractivity contribution in [3.05, 3.63) is 95.6 Å². The van der Waals surface area contributed by atoms with Crippen LogP contribution in [0.1, 0.15) is 30.0 Å². The second-order valence-electron chi connectivity index (χ2n) is 7.75. The first-order valence-corrected chi connectivity index (χ1v) is 10.7. The zero-order valence-corrected chi connectivity index (χ0v) is 17.3. The highest BCUT2D eigenvalue weighted by atomic mass is 16.5. The normalized spacial score (nSPS) is 13.6. The van der Waals surface area contributed by atoms with Crippen molar-refractivity contribution >= 4 is 33.3 Å². The summed E-state index contributed by atoms with van der Waals surface area (Å²) < 4.78 is 5.82. The highest BCUT2D eigenvalue weighted by Crippen LogP contribution is 2.30. The van der Waals surface area contributed by atoms with E-state index in [0.29, 0.717) is 0 Å². The summed E-state index contributed by atoms with van der Waals surface area (Å²) >= 11 is 0. The van der Waals surface area contributed by atoms with Gasteiger partial charge in [0.05, 0.1) is 12.3 Å². The van der Waals surface area contributed by atoms with Crippen LogP contribution in [0.5, 0.6) is 5.75 Å². The number of rotatable bonds is 5. The van der Waals surface area contributed by atoms with Crippen LogP contribution in [0.4, 0.5) is 0 Å². The van der Waals surface area contributed by atoms with Crippen LogP contribution in [0.3, 0.4) is 0 Å². The summed E-state index contributed by atoms with van der Waals surface area (Å²) in [5.74, 6) is 0.959. The predicted molar refractivity (Wildman–Crippen MR) is 128 cm³/mol. The van der Waals surface area contributed by atoms with E-state index in [4.69, 9.17) is 9.73 Å². The van der Waals surface area contributed by atoms with Gasteiger partial charge in [0.25, 0.3) is 0 Å². The molecule has 0 aliphatic carbocycles. The van der Waals surface area contributed by atoms with Gasteiger partial charge in [-0.2, -0.15) is 0 Å². The predicted octanol–water partition coefficient (Wildman–Crippen LogP) is 6.84. The molecule has 30 heavy (non-hydrogen) atoms. The van der Waals surface area contributed by atoms with E-state index in [1.807, 2.05) is 0 Å². The van der Waals surface area contributed by atoms with Crippen LogP contribution in [0.2, 0.25) is 0 Å². The second kappa shape index (κ2) is 8.16. The Morgan fingerprint density at radius 2 is 1.60 bits per heavy atom. The fourth-order valence-electron chi connectivity index (χ4n) is 4.25. The summed E-state index contributed by atoms with van der Waals surface area (Å²) in [4.78, 5) is 4.83. The highest BCUT2D eigenvalue weighted by molar-refractivity contribution is 6.15. The van der Waals surface area contributed by atoms with Crippen LogP contribution < -0.4 is 4.74 Å². The maximum Gasteiger partial charge on any atom is 0.119 e. The van der Waals surface area contributed by atoms with Crippen molar-refractivity contribution in [2.24, 2.45) is 4.99 Å². The fourth-order valence-corrected chi connectivity index (χ4v) is 4.25. The van der Waals surface area contributed by atoms with E-state index in [1.165, 1.54) is 38.2 Å². The van der Waals surface area contributed by atoms with E-state index in [-0.39, 0.29) is 0 Å². The molecule has 1 aliphatic rings. The zero-order chi connectivity index (χ0) is 20.3. The van der Waals surface area contributed by atoms with Crippen molar-refractivity contribution in [2.75, 3.05) is 13.2 Å². The van der Waals surface area contributed by atoms with E-state index in [1.54, 1.807) is 0 Å². The molecule has 1 heterocycles. The van der Waals surface area contributed by atoms with E-state index in [9.17, 15) is 0 Å². The maximum absolute atomic E-state index is 5.82. The number of hydrogen-bond acceptors (Lipinski definition) is 2. The van der Waals surface area contributed by atoms with Gasteiger partial charge in [-0.1, -0.05) is 61.5 Å². The molecule has 0 fully saturated rings. The van der Waals surface area contributed by atoms with Gasteiger partial charge < -0.3 is 4.74 Å². The lowest BCUT2D eigenvalue weighted by Crippen LogP contribution is -2.11. The number of benzene rings is 4. The summed E-state index contributed by atoms with van der Waals surface area (Å²) in [6.07, 6.45) is 6.40. The molecule has 2 nitrogen and oxygen atoms in total. The Labute approximate surface area is 177 Å². The number of fused-ring (bicyclic) bond motifs is 3. The average Bonchev–Trinajstić information content (AvgIpc) is 2.80. The summed E-state index contributed by atoms with van der Waals surface area (Å²) in [7, 11) is 0. The second-order valence-corrected chi connectivity index (χ2v) is 7.75. The summed E-state index contributed by atoms with van der Waals surface area (Å²) in [6.45, 7) is 3.71. The molecule has 148 valence electrons. The average molecular weight is 392 g/mol. The Kier molecular flexibility index (Phi) is 5.06. The monoisotopic (exact) mass is 391 g/mol. The van der Waals surface area contributed by atoms with Gasteiger partial charge in [0.2, 0.25) is 0 Å². The molecule has 4 aromatic rings. The highest BCUT2D eigenvalue weighted by Gasteiger charge is 2.13. The third kappa shape index (κ3) is 3.50. The summed E-state index contributed by atoms with van der Waals surface area (Å²) in [5, 5.41) is 5.07. The Morgan fingerprint density at radius 3 is 2.33 bits per heavy atom. The molecule has 0 unspecified atom stereocenters. The summed E-state index contributed by atoms with van der Waals surface area (Å²) in [5.41, 5.74) is 4.84. The molecular formula is C28H25NO. The SMILES string of the molecule is CCCOc1ccc2c(c1)CCN=C2/C=C/c1c2ccccc2cc2ccccc12. The molecule has 0 radical (unpaired) electrons. The van der Waals surface area contributed by atoms with Crippen molar-refractivity contribution in [3.8, 4) is 5.75 Å². The molecule has 0 amide bonds. The van der Waals surface area contributed by atoms with Crippen LogP contribution >= 0.6 is 0 Å². The Hall–Kier alpha value is -3.39. The Balaban J connectivity index is 1.56. The van der Waals surface area contributed by atoms with Gasteiger partial charge in [-0.05, 0) is 75.9 Å². The molecule has 0 saturated heterocycles. The van der Waals surface area contributed by atoms with Gasteiger partial charge in [0, 0.05) is 12.1 Å². The zero-order valence-electron chi connectivity index (χ0n) is 17.3. The molecule has 0 aromatic heterocycles. The van der Waals surface area contributed by atoms with E-state index < -0.39 is 0 Å². The minimum atomic E-state index is 0.758. The molecule has 0 N–H and O–H groups in total. The van der Waals surface area contributed by atoms with Crippen molar-refractivity contribution in [2.45, 2.75) is 19.8 Å². The Bertz CT molecular complexity index is 1230. The molecule has 1 aliphatic heterocycles. The lowest BCUT2D eigenvalue weighted by molar-refractivity contribution is 0.317. The van der Waals surface area contributed by atoms with Crippen molar-refractivity contribution < 1.29 is 4.74 Å². The minimum absolute atomic E-state index is 0.758. The molecule has 0 bridgehead atoms. The topological polar surface area (TPSA) is 21.6 Å². The largest absolute Gasteiger partial charge is 0.494 e. The number of ether oxygens (including phenoxy) is 1. The molecule has 0 saturated carbocycles. The smallest absolute Gasteiger partial charge is 0.119 e. The van der Waals surface area contributed by atoms with Crippen LogP contribution in [0.25, 0.3) is 27.6 Å². The van der Waals surface area contributed by atoms with E-state index in [0.717, 1.165) is 37.5 Å². The minimum Gasteiger partial charge on any atom is -0.494 e. The maximum atomic E-state index is 5.82. The third-order valence-corrected chi connectivity index (χ3v) is 5.71. The van der Waals surface area contributed by atoms with E-state index >= 15 is 0 Å². The van der Waals surface area contributed by atoms with Crippen molar-refractivity contribution in [1.82, 2.24) is 0 Å². The lowest BCUT2D eigenvalue weighted by Gasteiger charge is -2.16. The molecule has 5 rings (SSSR count). The van der Waals surface area contributed by atoms with Crippen LogP contribution in [-0.4, -0.2) is 18.9 Å². The number of aliphatic imine (C=N–C) groups is 1. The van der Waals surface area contributed by atoms with Gasteiger partial charge in [0.15, 0.2) is 0 Å². The van der Waals surface area contributed by atoms with Crippen LogP contribution in [0, 0.1) is 0 Å². The quantitative estimate of drug-likeness (QED) is 0.341. The summed E-state index contributed by atoms with van der Waals surface area (Å²) in [6, 6.07) is 25.9. The molecule has 2 heteroatoms. The van der Waals surface area contributed by atoms with Gasteiger partial charge in [-0.3, -0.25) is 4.99 Å². The molecule has 0 spiro atoms. The molecular weight excluding hydrogens is 366 g/mol. The fraction of sp³-hybridized carbons (Fsp3) is 0.179. The Morgan fingerprint density at radius 1 is 0.867 bits per heavy atom.